The zero-order valence-electron chi connectivity index (χ0n) is 14.8. The Balaban J connectivity index is 1.74. The topological polar surface area (TPSA) is 79.1 Å². The molecule has 7 heteroatoms. The van der Waals surface area contributed by atoms with Crippen LogP contribution in [-0.4, -0.2) is 44.0 Å². The number of nitrogens with one attached hydrogen (secondary N) is 1. The minimum Gasteiger partial charge on any atom is -0.393 e. The summed E-state index contributed by atoms with van der Waals surface area (Å²) in [5, 5.41) is 17.5. The highest BCUT2D eigenvalue weighted by molar-refractivity contribution is 5.44. The van der Waals surface area contributed by atoms with Gasteiger partial charge in [-0.05, 0) is 39.7 Å². The van der Waals surface area contributed by atoms with E-state index in [9.17, 15) is 5.11 Å². The maximum atomic E-state index is 9.65. The van der Waals surface area contributed by atoms with Crippen molar-refractivity contribution in [3.05, 3.63) is 29.2 Å². The predicted molar refractivity (Wildman–Crippen MR) is 94.2 cm³/mol. The summed E-state index contributed by atoms with van der Waals surface area (Å²) >= 11 is 0. The number of hydrogen-bond donors (Lipinski definition) is 2. The summed E-state index contributed by atoms with van der Waals surface area (Å²) in [6.07, 6.45) is 3.18. The minimum absolute atomic E-state index is 0.0807. The Hall–Kier alpha value is -2.15. The Morgan fingerprint density at radius 3 is 2.62 bits per heavy atom. The average molecular weight is 330 g/mol. The van der Waals surface area contributed by atoms with Crippen LogP contribution in [-0.2, 0) is 7.05 Å². The van der Waals surface area contributed by atoms with Crippen LogP contribution in [0, 0.1) is 13.8 Å². The summed E-state index contributed by atoms with van der Waals surface area (Å²) in [5.74, 6) is 1.53. The van der Waals surface area contributed by atoms with Crippen LogP contribution in [0.5, 0.6) is 0 Å². The number of nitrogens with zero attached hydrogens (tertiary/aromatic N) is 5. The zero-order chi connectivity index (χ0) is 17.3. The number of hydrogen-bond acceptors (Lipinski definition) is 6. The van der Waals surface area contributed by atoms with E-state index in [1.165, 1.54) is 5.56 Å². The molecule has 0 bridgehead atoms. The average Bonchev–Trinajstić information content (AvgIpc) is 2.81. The summed E-state index contributed by atoms with van der Waals surface area (Å²) < 4.78 is 1.90. The van der Waals surface area contributed by atoms with E-state index < -0.39 is 0 Å². The Kier molecular flexibility index (Phi) is 4.71. The molecular formula is C17H26N6O. The molecule has 2 N–H and O–H groups in total. The molecule has 0 unspecified atom stereocenters. The molecule has 130 valence electrons. The third kappa shape index (κ3) is 3.36. The highest BCUT2D eigenvalue weighted by Crippen LogP contribution is 2.24. The third-order valence-corrected chi connectivity index (χ3v) is 4.77. The monoisotopic (exact) mass is 330 g/mol. The van der Waals surface area contributed by atoms with Crippen molar-refractivity contribution in [3.63, 3.8) is 0 Å². The molecule has 2 aromatic rings. The fourth-order valence-corrected chi connectivity index (χ4v) is 3.37. The first kappa shape index (κ1) is 16.7. The van der Waals surface area contributed by atoms with E-state index in [0.29, 0.717) is 5.95 Å². The number of aliphatic hydroxyl groups is 1. The molecule has 24 heavy (non-hydrogen) atoms. The van der Waals surface area contributed by atoms with Crippen molar-refractivity contribution in [2.75, 3.05) is 23.3 Å². The summed E-state index contributed by atoms with van der Waals surface area (Å²) in [5.41, 5.74) is 3.36. The molecule has 0 saturated carbocycles. The van der Waals surface area contributed by atoms with Gasteiger partial charge in [0, 0.05) is 37.6 Å². The number of piperidine rings is 1. The fourth-order valence-electron chi connectivity index (χ4n) is 3.37. The molecule has 3 rings (SSSR count). The van der Waals surface area contributed by atoms with E-state index in [4.69, 9.17) is 0 Å². The minimum atomic E-state index is -0.183. The molecule has 1 fully saturated rings. The second-order valence-corrected chi connectivity index (χ2v) is 6.53. The summed E-state index contributed by atoms with van der Waals surface area (Å²) in [6.45, 7) is 7.85. The van der Waals surface area contributed by atoms with Crippen LogP contribution in [0.25, 0.3) is 0 Å². The van der Waals surface area contributed by atoms with Gasteiger partial charge in [0.15, 0.2) is 0 Å². The Labute approximate surface area is 142 Å². The van der Waals surface area contributed by atoms with Gasteiger partial charge in [0.2, 0.25) is 5.95 Å². The van der Waals surface area contributed by atoms with Crippen LogP contribution in [0.1, 0.15) is 42.8 Å². The maximum absolute atomic E-state index is 9.65. The van der Waals surface area contributed by atoms with E-state index in [1.807, 2.05) is 24.7 Å². The lowest BCUT2D eigenvalue weighted by Crippen LogP contribution is -2.36. The normalized spacial score (nSPS) is 17.1. The van der Waals surface area contributed by atoms with E-state index in [0.717, 1.165) is 43.1 Å². The van der Waals surface area contributed by atoms with Gasteiger partial charge >= 0.3 is 0 Å². The molecule has 0 spiro atoms. The van der Waals surface area contributed by atoms with E-state index in [-0.39, 0.29) is 12.1 Å². The van der Waals surface area contributed by atoms with Crippen molar-refractivity contribution >= 4 is 11.8 Å². The quantitative estimate of drug-likeness (QED) is 0.892. The van der Waals surface area contributed by atoms with Gasteiger partial charge in [0.05, 0.1) is 17.8 Å². The summed E-state index contributed by atoms with van der Waals surface area (Å²) in [4.78, 5) is 11.2. The van der Waals surface area contributed by atoms with Crippen LogP contribution in [0.15, 0.2) is 12.3 Å². The first-order chi connectivity index (χ1) is 11.5. The second-order valence-electron chi connectivity index (χ2n) is 6.53. The lowest BCUT2D eigenvalue weighted by molar-refractivity contribution is 0.145. The van der Waals surface area contributed by atoms with Crippen molar-refractivity contribution in [1.82, 2.24) is 19.7 Å². The van der Waals surface area contributed by atoms with Crippen LogP contribution in [0.2, 0.25) is 0 Å². The van der Waals surface area contributed by atoms with E-state index in [2.05, 4.69) is 39.1 Å². The number of rotatable bonds is 4. The standard InChI is InChI=1S/C17H26N6O/c1-11(16-12(2)21-22(4)13(16)3)19-17-18-8-5-15(20-17)23-9-6-14(24)7-10-23/h5,8,11,14,24H,6-7,9-10H2,1-4H3,(H,18,19,20)/t11-/m0/s1. The lowest BCUT2D eigenvalue weighted by atomic mass is 10.1. The first-order valence-corrected chi connectivity index (χ1v) is 8.48. The molecule has 0 aromatic carbocycles. The molecule has 1 aliphatic rings. The molecular weight excluding hydrogens is 304 g/mol. The predicted octanol–water partition coefficient (Wildman–Crippen LogP) is 1.96. The molecule has 0 aliphatic carbocycles. The van der Waals surface area contributed by atoms with E-state index in [1.54, 1.807) is 6.20 Å². The highest BCUT2D eigenvalue weighted by Gasteiger charge is 2.20. The van der Waals surface area contributed by atoms with Crippen LogP contribution < -0.4 is 10.2 Å². The van der Waals surface area contributed by atoms with Gasteiger partial charge in [0.1, 0.15) is 5.82 Å². The molecule has 2 aromatic heterocycles. The van der Waals surface area contributed by atoms with Crippen LogP contribution in [0.4, 0.5) is 11.8 Å². The number of aryl methyl sites for hydroxylation is 2. The number of aliphatic hydroxyl groups excluding tert-OH is 1. The van der Waals surface area contributed by atoms with Crippen LogP contribution >= 0.6 is 0 Å². The van der Waals surface area contributed by atoms with Gasteiger partial charge in [-0.1, -0.05) is 0 Å². The van der Waals surface area contributed by atoms with Crippen molar-refractivity contribution in [2.45, 2.75) is 45.8 Å². The van der Waals surface area contributed by atoms with Gasteiger partial charge in [-0.3, -0.25) is 4.68 Å². The summed E-state index contributed by atoms with van der Waals surface area (Å²) in [7, 11) is 1.96. The number of anilines is 2. The smallest absolute Gasteiger partial charge is 0.225 e. The zero-order valence-corrected chi connectivity index (χ0v) is 14.8. The molecule has 1 saturated heterocycles. The fraction of sp³-hybridized carbons (Fsp3) is 0.588. The Morgan fingerprint density at radius 1 is 1.29 bits per heavy atom. The van der Waals surface area contributed by atoms with Gasteiger partial charge in [0.25, 0.3) is 0 Å². The molecule has 1 aliphatic heterocycles. The van der Waals surface area contributed by atoms with Gasteiger partial charge in [-0.25, -0.2) is 4.98 Å². The van der Waals surface area contributed by atoms with Gasteiger partial charge in [-0.2, -0.15) is 10.1 Å². The van der Waals surface area contributed by atoms with Crippen molar-refractivity contribution < 1.29 is 5.11 Å². The van der Waals surface area contributed by atoms with Crippen LogP contribution in [0.3, 0.4) is 0 Å². The summed E-state index contributed by atoms with van der Waals surface area (Å²) in [6, 6.07) is 2.01. The second kappa shape index (κ2) is 6.76. The SMILES string of the molecule is Cc1nn(C)c(C)c1[C@H](C)Nc1nccc(N2CCC(O)CC2)n1. The molecule has 3 heterocycles. The van der Waals surface area contributed by atoms with E-state index >= 15 is 0 Å². The molecule has 0 radical (unpaired) electrons. The first-order valence-electron chi connectivity index (χ1n) is 8.48. The van der Waals surface area contributed by atoms with Crippen molar-refractivity contribution in [3.8, 4) is 0 Å². The molecule has 0 amide bonds. The number of aromatic nitrogens is 4. The molecule has 1 atom stereocenters. The van der Waals surface area contributed by atoms with Gasteiger partial charge < -0.3 is 15.3 Å². The molecule has 7 nitrogen and oxygen atoms in total. The highest BCUT2D eigenvalue weighted by atomic mass is 16.3. The van der Waals surface area contributed by atoms with Crippen molar-refractivity contribution in [2.24, 2.45) is 7.05 Å². The Bertz CT molecular complexity index is 705. The largest absolute Gasteiger partial charge is 0.393 e. The maximum Gasteiger partial charge on any atom is 0.225 e. The third-order valence-electron chi connectivity index (χ3n) is 4.77. The van der Waals surface area contributed by atoms with Gasteiger partial charge in [-0.15, -0.1) is 0 Å². The lowest BCUT2D eigenvalue weighted by Gasteiger charge is -2.30. The van der Waals surface area contributed by atoms with Crippen molar-refractivity contribution in [1.29, 1.82) is 0 Å². The Morgan fingerprint density at radius 2 is 2.00 bits per heavy atom.